The van der Waals surface area contributed by atoms with E-state index in [1.54, 1.807) is 6.92 Å². The van der Waals surface area contributed by atoms with Crippen molar-refractivity contribution in [1.29, 1.82) is 0 Å². The van der Waals surface area contributed by atoms with Gasteiger partial charge in [-0.05, 0) is 74.1 Å². The molecule has 0 saturated heterocycles. The van der Waals surface area contributed by atoms with Gasteiger partial charge in [0.05, 0.1) is 6.61 Å². The first-order valence-corrected chi connectivity index (χ1v) is 7.74. The summed E-state index contributed by atoms with van der Waals surface area (Å²) in [7, 11) is 0. The number of carbonyl (C=O) groups excluding carboxylic acids is 2. The Kier molecular flexibility index (Phi) is 4.99. The van der Waals surface area contributed by atoms with Crippen LogP contribution < -0.4 is 0 Å². The van der Waals surface area contributed by atoms with E-state index in [1.807, 2.05) is 33.8 Å². The van der Waals surface area contributed by atoms with Crippen LogP contribution in [0.5, 0.6) is 0 Å². The summed E-state index contributed by atoms with van der Waals surface area (Å²) in [5, 5.41) is 0. The second kappa shape index (κ2) is 6.78. The van der Waals surface area contributed by atoms with Gasteiger partial charge in [0.2, 0.25) is 0 Å². The Labute approximate surface area is 137 Å². The van der Waals surface area contributed by atoms with Crippen LogP contribution >= 0.6 is 0 Å². The molecule has 0 atom stereocenters. The number of hydrogen-bond acceptors (Lipinski definition) is 3. The molecule has 0 spiro atoms. The van der Waals surface area contributed by atoms with Crippen molar-refractivity contribution >= 4 is 17.8 Å². The highest BCUT2D eigenvalue weighted by atomic mass is 16.5. The molecule has 0 amide bonds. The molecule has 2 aliphatic carbocycles. The summed E-state index contributed by atoms with van der Waals surface area (Å²) in [6.45, 7) is 10.0. The molecule has 3 nitrogen and oxygen atoms in total. The van der Waals surface area contributed by atoms with E-state index in [9.17, 15) is 9.59 Å². The number of aryl methyl sites for hydroxylation is 3. The van der Waals surface area contributed by atoms with Gasteiger partial charge in [-0.1, -0.05) is 17.7 Å². The van der Waals surface area contributed by atoms with E-state index in [-0.39, 0.29) is 5.97 Å². The van der Waals surface area contributed by atoms with Gasteiger partial charge in [-0.3, -0.25) is 4.79 Å². The van der Waals surface area contributed by atoms with Crippen LogP contribution in [0.3, 0.4) is 0 Å². The Morgan fingerprint density at radius 3 is 2.39 bits per heavy atom. The van der Waals surface area contributed by atoms with E-state index in [2.05, 4.69) is 12.1 Å². The van der Waals surface area contributed by atoms with E-state index >= 15 is 0 Å². The average molecular weight is 310 g/mol. The van der Waals surface area contributed by atoms with E-state index in [0.29, 0.717) is 12.2 Å². The minimum absolute atomic E-state index is 0.333. The van der Waals surface area contributed by atoms with Crippen LogP contribution in [-0.4, -0.2) is 18.9 Å². The third kappa shape index (κ3) is 3.34. The van der Waals surface area contributed by atoms with Crippen molar-refractivity contribution in [3.63, 3.8) is 0 Å². The first kappa shape index (κ1) is 16.9. The van der Waals surface area contributed by atoms with E-state index < -0.39 is 0 Å². The quantitative estimate of drug-likeness (QED) is 0.474. The molecular formula is C20H22O3. The van der Waals surface area contributed by atoms with Crippen LogP contribution in [0.4, 0.5) is 0 Å². The number of fused-ring (bicyclic) bond motifs is 1. The minimum Gasteiger partial charge on any atom is -0.463 e. The molecule has 0 heterocycles. The normalized spacial score (nSPS) is 11.6. The predicted octanol–water partition coefficient (Wildman–Crippen LogP) is 4.50. The lowest BCUT2D eigenvalue weighted by Gasteiger charge is -2.03. The number of hydrogen-bond donors (Lipinski definition) is 0. The first-order chi connectivity index (χ1) is 10.9. The highest BCUT2D eigenvalue weighted by molar-refractivity contribution is 6.02. The molecule has 0 unspecified atom stereocenters. The molecule has 120 valence electrons. The summed E-state index contributed by atoms with van der Waals surface area (Å²) in [6.07, 6.45) is 2.32. The largest absolute Gasteiger partial charge is 0.463 e. The Hall–Kier alpha value is -2.42. The molecule has 23 heavy (non-hydrogen) atoms. The maximum atomic E-state index is 11.7. The average Bonchev–Trinajstić information content (AvgIpc) is 2.82. The zero-order valence-electron chi connectivity index (χ0n) is 14.3. The van der Waals surface area contributed by atoms with Crippen molar-refractivity contribution in [3.8, 4) is 11.1 Å². The number of aldehydes is 1. The topological polar surface area (TPSA) is 43.4 Å². The van der Waals surface area contributed by atoms with Crippen LogP contribution in [-0.2, 0) is 9.53 Å². The second-order valence-electron chi connectivity index (χ2n) is 5.86. The highest BCUT2D eigenvalue weighted by Gasteiger charge is 2.20. The summed E-state index contributed by atoms with van der Waals surface area (Å²) in [5.74, 6) is -0.387. The molecule has 0 aromatic rings. The van der Waals surface area contributed by atoms with Crippen LogP contribution in [0.25, 0.3) is 16.7 Å². The van der Waals surface area contributed by atoms with Crippen LogP contribution in [0, 0.1) is 20.8 Å². The lowest BCUT2D eigenvalue weighted by molar-refractivity contribution is -0.137. The maximum Gasteiger partial charge on any atom is 0.331 e. The number of esters is 1. The Morgan fingerprint density at radius 2 is 1.78 bits per heavy atom. The van der Waals surface area contributed by atoms with Gasteiger partial charge in [-0.15, -0.1) is 0 Å². The Bertz CT molecular complexity index is 769. The fourth-order valence-electron chi connectivity index (χ4n) is 3.07. The van der Waals surface area contributed by atoms with Crippen LogP contribution in [0.1, 0.15) is 46.5 Å². The standard InChI is InChI=1S/C20H22O3/c1-6-23-19(22)9-14(4)16-10-17-13(3)7-12(2)8-15(5)20(17)18(16)11-21/h7-11H,6H2,1-5H3/b14-9+. The van der Waals surface area contributed by atoms with Crippen molar-refractivity contribution < 1.29 is 14.3 Å². The number of allylic oxidation sites excluding steroid dienone is 1. The molecule has 0 radical (unpaired) electrons. The summed E-state index contributed by atoms with van der Waals surface area (Å²) in [5.41, 5.74) is 7.49. The summed E-state index contributed by atoms with van der Waals surface area (Å²) < 4.78 is 4.96. The zero-order valence-corrected chi connectivity index (χ0v) is 14.3. The minimum atomic E-state index is -0.387. The van der Waals surface area contributed by atoms with Crippen molar-refractivity contribution in [2.75, 3.05) is 6.61 Å². The fourth-order valence-corrected chi connectivity index (χ4v) is 3.07. The second-order valence-corrected chi connectivity index (χ2v) is 5.86. The van der Waals surface area contributed by atoms with Crippen molar-refractivity contribution in [2.24, 2.45) is 0 Å². The molecule has 0 saturated carbocycles. The first-order valence-electron chi connectivity index (χ1n) is 7.74. The van der Waals surface area contributed by atoms with Crippen LogP contribution in [0.15, 0.2) is 24.3 Å². The van der Waals surface area contributed by atoms with Gasteiger partial charge in [0.15, 0.2) is 6.29 Å². The van der Waals surface area contributed by atoms with Crippen molar-refractivity contribution in [3.05, 3.63) is 52.1 Å². The summed E-state index contributed by atoms with van der Waals surface area (Å²) in [4.78, 5) is 23.4. The number of carbonyl (C=O) groups is 2. The summed E-state index contributed by atoms with van der Waals surface area (Å²) >= 11 is 0. The fraction of sp³-hybridized carbons (Fsp3) is 0.300. The van der Waals surface area contributed by atoms with Gasteiger partial charge < -0.3 is 4.74 Å². The van der Waals surface area contributed by atoms with Gasteiger partial charge in [0, 0.05) is 11.6 Å². The molecule has 0 fully saturated rings. The number of rotatable bonds is 4. The van der Waals surface area contributed by atoms with Crippen LogP contribution in [0.2, 0.25) is 0 Å². The van der Waals surface area contributed by atoms with Crippen molar-refractivity contribution in [1.82, 2.24) is 0 Å². The molecular weight excluding hydrogens is 288 g/mol. The molecule has 2 aliphatic rings. The summed E-state index contributed by atoms with van der Waals surface area (Å²) in [6, 6.07) is 6.18. The monoisotopic (exact) mass is 310 g/mol. The molecule has 0 aliphatic heterocycles. The zero-order chi connectivity index (χ0) is 17.1. The number of ether oxygens (including phenoxy) is 1. The van der Waals surface area contributed by atoms with Gasteiger partial charge in [-0.2, -0.15) is 0 Å². The molecule has 0 aromatic heterocycles. The lowest BCUT2D eigenvalue weighted by atomic mass is 10.0. The van der Waals surface area contributed by atoms with Gasteiger partial charge in [0.25, 0.3) is 0 Å². The molecule has 2 rings (SSSR count). The third-order valence-corrected chi connectivity index (χ3v) is 3.99. The van der Waals surface area contributed by atoms with Gasteiger partial charge in [0.1, 0.15) is 0 Å². The smallest absolute Gasteiger partial charge is 0.331 e. The highest BCUT2D eigenvalue weighted by Crippen LogP contribution is 2.38. The molecule has 0 aromatic carbocycles. The van der Waals surface area contributed by atoms with Gasteiger partial charge in [-0.25, -0.2) is 4.79 Å². The molecule has 3 heteroatoms. The predicted molar refractivity (Wildman–Crippen MR) is 92.9 cm³/mol. The van der Waals surface area contributed by atoms with E-state index in [4.69, 9.17) is 4.74 Å². The maximum absolute atomic E-state index is 11.7. The Balaban J connectivity index is 2.71. The van der Waals surface area contributed by atoms with Crippen molar-refractivity contribution in [2.45, 2.75) is 34.6 Å². The van der Waals surface area contributed by atoms with E-state index in [1.165, 1.54) is 6.08 Å². The van der Waals surface area contributed by atoms with Gasteiger partial charge >= 0.3 is 5.97 Å². The van der Waals surface area contributed by atoms with E-state index in [0.717, 1.165) is 45.2 Å². The third-order valence-electron chi connectivity index (χ3n) is 3.99. The molecule has 0 N–H and O–H groups in total. The Morgan fingerprint density at radius 1 is 1.13 bits per heavy atom. The molecule has 0 bridgehead atoms. The lowest BCUT2D eigenvalue weighted by Crippen LogP contribution is -2.00. The SMILES string of the molecule is CCOC(=O)/C=C(\C)c1cc2c(C)cc(C)cc(C)c-2c1C=O.